The zero-order valence-electron chi connectivity index (χ0n) is 13.3. The zero-order valence-corrected chi connectivity index (χ0v) is 14.0. The molecule has 0 saturated heterocycles. The molecule has 1 aromatic carbocycles. The van der Waals surface area contributed by atoms with Crippen molar-refractivity contribution < 1.29 is 14.3 Å². The molecular formula is C17H22ClNO3. The van der Waals surface area contributed by atoms with Gasteiger partial charge in [-0.1, -0.05) is 18.2 Å². The van der Waals surface area contributed by atoms with E-state index >= 15 is 0 Å². The van der Waals surface area contributed by atoms with Crippen molar-refractivity contribution in [3.63, 3.8) is 0 Å². The number of nitrogens with zero attached hydrogens (tertiary/aromatic N) is 1. The topological polar surface area (TPSA) is 46.6 Å². The van der Waals surface area contributed by atoms with E-state index in [-0.39, 0.29) is 0 Å². The maximum atomic E-state index is 12.7. The SMILES string of the molecule is CC(C)(C)OC(=O)N1c2ccccc2CC1(C=O)CCCCl. The largest absolute Gasteiger partial charge is 0.443 e. The number of carbonyl (C=O) groups is 2. The monoisotopic (exact) mass is 323 g/mol. The summed E-state index contributed by atoms with van der Waals surface area (Å²) in [5.74, 6) is 0.452. The summed E-state index contributed by atoms with van der Waals surface area (Å²) in [6, 6.07) is 7.57. The van der Waals surface area contributed by atoms with Crippen LogP contribution >= 0.6 is 11.6 Å². The van der Waals surface area contributed by atoms with Gasteiger partial charge in [-0.25, -0.2) is 4.79 Å². The number of rotatable bonds is 4. The van der Waals surface area contributed by atoms with E-state index in [4.69, 9.17) is 16.3 Å². The summed E-state index contributed by atoms with van der Waals surface area (Å²) in [4.78, 5) is 26.1. The van der Waals surface area contributed by atoms with Crippen molar-refractivity contribution in [2.45, 2.75) is 51.2 Å². The van der Waals surface area contributed by atoms with Crippen LogP contribution in [-0.4, -0.2) is 29.4 Å². The van der Waals surface area contributed by atoms with Crippen LogP contribution in [0.5, 0.6) is 0 Å². The summed E-state index contributed by atoms with van der Waals surface area (Å²) >= 11 is 5.79. The first-order chi connectivity index (χ1) is 10.3. The third kappa shape index (κ3) is 3.27. The van der Waals surface area contributed by atoms with Crippen LogP contribution in [-0.2, 0) is 16.0 Å². The highest BCUT2D eigenvalue weighted by Crippen LogP contribution is 2.41. The molecule has 2 rings (SSSR count). The number of carbonyl (C=O) groups excluding carboxylic acids is 2. The molecule has 1 aromatic rings. The highest BCUT2D eigenvalue weighted by atomic mass is 35.5. The molecule has 0 saturated carbocycles. The van der Waals surface area contributed by atoms with Crippen molar-refractivity contribution >= 4 is 29.7 Å². The summed E-state index contributed by atoms with van der Waals surface area (Å²) in [6.07, 6.45) is 2.06. The summed E-state index contributed by atoms with van der Waals surface area (Å²) in [6.45, 7) is 5.44. The third-order valence-corrected chi connectivity index (χ3v) is 3.98. The van der Waals surface area contributed by atoms with Gasteiger partial charge in [0.1, 0.15) is 17.4 Å². The van der Waals surface area contributed by atoms with Gasteiger partial charge in [0.15, 0.2) is 0 Å². The molecule has 0 bridgehead atoms. The first kappa shape index (κ1) is 16.8. The van der Waals surface area contributed by atoms with E-state index in [0.717, 1.165) is 17.5 Å². The predicted molar refractivity (Wildman–Crippen MR) is 87.6 cm³/mol. The number of amides is 1. The fourth-order valence-corrected chi connectivity index (χ4v) is 2.97. The van der Waals surface area contributed by atoms with Gasteiger partial charge in [-0.05, 0) is 45.2 Å². The van der Waals surface area contributed by atoms with Crippen LogP contribution in [0.15, 0.2) is 24.3 Å². The molecule has 1 unspecified atom stereocenters. The van der Waals surface area contributed by atoms with E-state index in [0.29, 0.717) is 25.1 Å². The minimum atomic E-state index is -0.902. The molecule has 0 aromatic heterocycles. The van der Waals surface area contributed by atoms with E-state index in [9.17, 15) is 9.59 Å². The molecule has 120 valence electrons. The number of para-hydroxylation sites is 1. The molecule has 0 spiro atoms. The molecule has 4 nitrogen and oxygen atoms in total. The molecule has 1 atom stereocenters. The number of hydrogen-bond acceptors (Lipinski definition) is 3. The normalized spacial score (nSPS) is 20.6. The number of ether oxygens (including phenoxy) is 1. The van der Waals surface area contributed by atoms with Crippen LogP contribution in [0.4, 0.5) is 10.5 Å². The Bertz CT molecular complexity index is 567. The number of fused-ring (bicyclic) bond motifs is 1. The lowest BCUT2D eigenvalue weighted by atomic mass is 9.91. The van der Waals surface area contributed by atoms with E-state index in [1.54, 1.807) is 0 Å². The average molecular weight is 324 g/mol. The predicted octanol–water partition coefficient (Wildman–Crippen LogP) is 3.94. The van der Waals surface area contributed by atoms with Crippen LogP contribution in [0.1, 0.15) is 39.2 Å². The lowest BCUT2D eigenvalue weighted by Crippen LogP contribution is -2.53. The van der Waals surface area contributed by atoms with E-state index in [2.05, 4.69) is 0 Å². The lowest BCUT2D eigenvalue weighted by molar-refractivity contribution is -0.112. The fourth-order valence-electron chi connectivity index (χ4n) is 2.84. The Hall–Kier alpha value is -1.55. The molecule has 22 heavy (non-hydrogen) atoms. The maximum absolute atomic E-state index is 12.7. The van der Waals surface area contributed by atoms with Crippen LogP contribution in [0.3, 0.4) is 0 Å². The molecule has 0 radical (unpaired) electrons. The Morgan fingerprint density at radius 1 is 1.41 bits per heavy atom. The Kier molecular flexibility index (Phi) is 4.81. The summed E-state index contributed by atoms with van der Waals surface area (Å²) in [5.41, 5.74) is 0.213. The Labute approximate surface area is 136 Å². The Balaban J connectivity index is 2.42. The van der Waals surface area contributed by atoms with Gasteiger partial charge in [0.05, 0.1) is 5.69 Å². The first-order valence-corrected chi connectivity index (χ1v) is 8.00. The van der Waals surface area contributed by atoms with Gasteiger partial charge in [0.25, 0.3) is 0 Å². The second-order valence-corrected chi connectivity index (χ2v) is 7.01. The summed E-state index contributed by atoms with van der Waals surface area (Å²) < 4.78 is 5.51. The third-order valence-electron chi connectivity index (χ3n) is 3.71. The van der Waals surface area contributed by atoms with Crippen LogP contribution in [0.25, 0.3) is 0 Å². The average Bonchev–Trinajstić information content (AvgIpc) is 2.78. The van der Waals surface area contributed by atoms with Gasteiger partial charge in [-0.15, -0.1) is 11.6 Å². The maximum Gasteiger partial charge on any atom is 0.415 e. The van der Waals surface area contributed by atoms with Crippen LogP contribution in [0, 0.1) is 0 Å². The van der Waals surface area contributed by atoms with Gasteiger partial charge in [-0.2, -0.15) is 0 Å². The molecule has 1 heterocycles. The Morgan fingerprint density at radius 2 is 2.09 bits per heavy atom. The van der Waals surface area contributed by atoms with E-state index < -0.39 is 17.2 Å². The molecule has 5 heteroatoms. The lowest BCUT2D eigenvalue weighted by Gasteiger charge is -2.35. The molecule has 1 amide bonds. The number of halogens is 1. The van der Waals surface area contributed by atoms with Gasteiger partial charge in [0.2, 0.25) is 0 Å². The smallest absolute Gasteiger partial charge is 0.415 e. The summed E-state index contributed by atoms with van der Waals surface area (Å²) in [5, 5.41) is 0. The zero-order chi connectivity index (χ0) is 16.4. The molecule has 0 N–H and O–H groups in total. The standard InChI is InChI=1S/C17H22ClNO3/c1-16(2,3)22-15(21)19-14-8-5-4-7-13(14)11-17(19,12-20)9-6-10-18/h4-5,7-8,12H,6,9-11H2,1-3H3. The van der Waals surface area contributed by atoms with Gasteiger partial charge in [0, 0.05) is 12.3 Å². The fraction of sp³-hybridized carbons (Fsp3) is 0.529. The molecule has 0 fully saturated rings. The number of anilines is 1. The highest BCUT2D eigenvalue weighted by Gasteiger charge is 2.48. The van der Waals surface area contributed by atoms with Gasteiger partial charge in [-0.3, -0.25) is 4.90 Å². The van der Waals surface area contributed by atoms with Crippen molar-refractivity contribution in [1.29, 1.82) is 0 Å². The van der Waals surface area contributed by atoms with Crippen molar-refractivity contribution in [2.24, 2.45) is 0 Å². The molecule has 1 aliphatic heterocycles. The number of benzene rings is 1. The van der Waals surface area contributed by atoms with Gasteiger partial charge < -0.3 is 9.53 Å². The van der Waals surface area contributed by atoms with Crippen molar-refractivity contribution in [1.82, 2.24) is 0 Å². The Morgan fingerprint density at radius 3 is 2.68 bits per heavy atom. The second kappa shape index (κ2) is 6.29. The number of aldehydes is 1. The van der Waals surface area contributed by atoms with Crippen molar-refractivity contribution in [3.05, 3.63) is 29.8 Å². The van der Waals surface area contributed by atoms with Gasteiger partial charge >= 0.3 is 6.09 Å². The number of alkyl halides is 1. The van der Waals surface area contributed by atoms with Crippen molar-refractivity contribution in [2.75, 3.05) is 10.8 Å². The molecular weight excluding hydrogens is 302 g/mol. The van der Waals surface area contributed by atoms with Crippen LogP contribution in [0.2, 0.25) is 0 Å². The first-order valence-electron chi connectivity index (χ1n) is 7.46. The minimum Gasteiger partial charge on any atom is -0.443 e. The van der Waals surface area contributed by atoms with E-state index in [1.165, 1.54) is 4.90 Å². The van der Waals surface area contributed by atoms with E-state index in [1.807, 2.05) is 45.0 Å². The molecule has 1 aliphatic rings. The quantitative estimate of drug-likeness (QED) is 0.623. The second-order valence-electron chi connectivity index (χ2n) is 6.64. The highest BCUT2D eigenvalue weighted by molar-refractivity contribution is 6.17. The van der Waals surface area contributed by atoms with Crippen molar-refractivity contribution in [3.8, 4) is 0 Å². The molecule has 0 aliphatic carbocycles. The van der Waals surface area contributed by atoms with Crippen LogP contribution < -0.4 is 4.90 Å². The number of hydrogen-bond donors (Lipinski definition) is 0. The summed E-state index contributed by atoms with van der Waals surface area (Å²) in [7, 11) is 0. The minimum absolute atomic E-state index is 0.452.